The summed E-state index contributed by atoms with van der Waals surface area (Å²) >= 11 is 3.43. The molecule has 7 nitrogen and oxygen atoms in total. The van der Waals surface area contributed by atoms with Crippen LogP contribution in [-0.2, 0) is 20.8 Å². The molecule has 0 aromatic heterocycles. The first-order valence-electron chi connectivity index (χ1n) is 7.48. The molecule has 0 spiro atoms. The average molecular weight is 394 g/mol. The number of imide groups is 1. The summed E-state index contributed by atoms with van der Waals surface area (Å²) in [5, 5.41) is 11.9. The minimum atomic E-state index is -0.491. The SMILES string of the molecule is CC(=O)N1CCc2cc(Br)cc(NC3=CC(=O)N(CCO)C3=O)c21. The molecular weight excluding hydrogens is 378 g/mol. The zero-order chi connectivity index (χ0) is 17.4. The molecule has 0 radical (unpaired) electrons. The van der Waals surface area contributed by atoms with E-state index in [4.69, 9.17) is 5.11 Å². The maximum absolute atomic E-state index is 12.3. The van der Waals surface area contributed by atoms with Crippen molar-refractivity contribution in [2.75, 3.05) is 29.9 Å². The lowest BCUT2D eigenvalue weighted by atomic mass is 10.1. The molecule has 3 rings (SSSR count). The maximum Gasteiger partial charge on any atom is 0.277 e. The second-order valence-electron chi connectivity index (χ2n) is 5.58. The number of rotatable bonds is 4. The van der Waals surface area contributed by atoms with Gasteiger partial charge in [-0.15, -0.1) is 0 Å². The highest BCUT2D eigenvalue weighted by molar-refractivity contribution is 9.10. The summed E-state index contributed by atoms with van der Waals surface area (Å²) in [4.78, 5) is 38.6. The molecule has 126 valence electrons. The number of amides is 3. The molecule has 0 aliphatic carbocycles. The molecule has 0 bridgehead atoms. The highest BCUT2D eigenvalue weighted by Gasteiger charge is 2.32. The largest absolute Gasteiger partial charge is 0.395 e. The van der Waals surface area contributed by atoms with Gasteiger partial charge < -0.3 is 15.3 Å². The third-order valence-corrected chi connectivity index (χ3v) is 4.47. The van der Waals surface area contributed by atoms with Gasteiger partial charge in [0.25, 0.3) is 11.8 Å². The number of carbonyl (C=O) groups is 3. The van der Waals surface area contributed by atoms with Crippen molar-refractivity contribution in [3.63, 3.8) is 0 Å². The number of hydrogen-bond acceptors (Lipinski definition) is 5. The van der Waals surface area contributed by atoms with Gasteiger partial charge in [-0.25, -0.2) is 0 Å². The van der Waals surface area contributed by atoms with Crippen LogP contribution in [-0.4, -0.2) is 47.4 Å². The summed E-state index contributed by atoms with van der Waals surface area (Å²) in [5.74, 6) is -1.04. The third-order valence-electron chi connectivity index (χ3n) is 4.01. The number of aliphatic hydroxyl groups excluding tert-OH is 1. The predicted octanol–water partition coefficient (Wildman–Crippen LogP) is 1.01. The van der Waals surface area contributed by atoms with Gasteiger partial charge in [-0.1, -0.05) is 15.9 Å². The van der Waals surface area contributed by atoms with Crippen LogP contribution in [0.2, 0.25) is 0 Å². The van der Waals surface area contributed by atoms with E-state index in [2.05, 4.69) is 21.2 Å². The lowest BCUT2D eigenvalue weighted by Crippen LogP contribution is -2.34. The molecule has 2 heterocycles. The van der Waals surface area contributed by atoms with Gasteiger partial charge in [0.2, 0.25) is 5.91 Å². The van der Waals surface area contributed by atoms with E-state index in [1.54, 1.807) is 11.0 Å². The van der Waals surface area contributed by atoms with Crippen LogP contribution in [0.5, 0.6) is 0 Å². The lowest BCUT2D eigenvalue weighted by molar-refractivity contribution is -0.137. The molecule has 0 saturated carbocycles. The lowest BCUT2D eigenvalue weighted by Gasteiger charge is -2.20. The van der Waals surface area contributed by atoms with Crippen molar-refractivity contribution in [1.82, 2.24) is 4.90 Å². The number of nitrogens with one attached hydrogen (secondary N) is 1. The molecule has 8 heteroatoms. The van der Waals surface area contributed by atoms with E-state index in [1.165, 1.54) is 13.0 Å². The Morgan fingerprint density at radius 2 is 2.12 bits per heavy atom. The average Bonchev–Trinajstić information content (AvgIpc) is 3.04. The fraction of sp³-hybridized carbons (Fsp3) is 0.312. The van der Waals surface area contributed by atoms with Crippen molar-refractivity contribution < 1.29 is 19.5 Å². The van der Waals surface area contributed by atoms with Gasteiger partial charge in [-0.05, 0) is 24.1 Å². The van der Waals surface area contributed by atoms with Crippen LogP contribution >= 0.6 is 15.9 Å². The number of β-amino-alcohol motifs (C(OH)–C–C–N with tert-alkyl or cyclic N) is 1. The molecule has 2 aliphatic heterocycles. The van der Waals surface area contributed by atoms with Crippen molar-refractivity contribution in [2.24, 2.45) is 0 Å². The molecule has 1 aromatic carbocycles. The molecule has 1 aromatic rings. The van der Waals surface area contributed by atoms with Crippen LogP contribution in [0.3, 0.4) is 0 Å². The van der Waals surface area contributed by atoms with Crippen molar-refractivity contribution in [1.29, 1.82) is 0 Å². The van der Waals surface area contributed by atoms with Gasteiger partial charge in [-0.2, -0.15) is 0 Å². The molecule has 0 fully saturated rings. The van der Waals surface area contributed by atoms with Crippen LogP contribution in [0, 0.1) is 0 Å². The number of aliphatic hydroxyl groups is 1. The quantitative estimate of drug-likeness (QED) is 0.745. The van der Waals surface area contributed by atoms with Gasteiger partial charge in [-0.3, -0.25) is 19.3 Å². The van der Waals surface area contributed by atoms with E-state index in [9.17, 15) is 14.4 Å². The second kappa shape index (κ2) is 6.37. The summed E-state index contributed by atoms with van der Waals surface area (Å²) in [6.07, 6.45) is 1.93. The van der Waals surface area contributed by atoms with Crippen LogP contribution in [0.1, 0.15) is 12.5 Å². The van der Waals surface area contributed by atoms with Crippen LogP contribution in [0.15, 0.2) is 28.4 Å². The number of halogens is 1. The Kier molecular flexibility index (Phi) is 4.42. The van der Waals surface area contributed by atoms with E-state index < -0.39 is 11.8 Å². The molecule has 2 aliphatic rings. The first kappa shape index (κ1) is 16.7. The van der Waals surface area contributed by atoms with E-state index >= 15 is 0 Å². The van der Waals surface area contributed by atoms with E-state index in [0.29, 0.717) is 12.2 Å². The number of hydrogen-bond donors (Lipinski definition) is 2. The Hall–Kier alpha value is -2.19. The van der Waals surface area contributed by atoms with Gasteiger partial charge in [0.05, 0.1) is 24.5 Å². The highest BCUT2D eigenvalue weighted by atomic mass is 79.9. The van der Waals surface area contributed by atoms with Gasteiger partial charge >= 0.3 is 0 Å². The number of nitrogens with zero attached hydrogens (tertiary/aromatic N) is 2. The monoisotopic (exact) mass is 393 g/mol. The Balaban J connectivity index is 1.95. The van der Waals surface area contributed by atoms with Gasteiger partial charge in [0, 0.05) is 24.0 Å². The van der Waals surface area contributed by atoms with Gasteiger partial charge in [0.1, 0.15) is 5.70 Å². The Morgan fingerprint density at radius 3 is 2.79 bits per heavy atom. The zero-order valence-corrected chi connectivity index (χ0v) is 14.6. The summed E-state index contributed by atoms with van der Waals surface area (Å²) < 4.78 is 0.818. The Labute approximate surface area is 147 Å². The predicted molar refractivity (Wildman–Crippen MR) is 91.4 cm³/mol. The normalized spacial score (nSPS) is 16.5. The molecule has 3 amide bonds. The number of carbonyl (C=O) groups excluding carboxylic acids is 3. The summed E-state index contributed by atoms with van der Waals surface area (Å²) in [7, 11) is 0. The fourth-order valence-electron chi connectivity index (χ4n) is 2.97. The van der Waals surface area contributed by atoms with Crippen molar-refractivity contribution >= 4 is 45.0 Å². The smallest absolute Gasteiger partial charge is 0.277 e. The number of fused-ring (bicyclic) bond motifs is 1. The Morgan fingerprint density at radius 1 is 1.38 bits per heavy atom. The first-order chi connectivity index (χ1) is 11.4. The van der Waals surface area contributed by atoms with Crippen molar-refractivity contribution in [3.8, 4) is 0 Å². The highest BCUT2D eigenvalue weighted by Crippen LogP contribution is 2.39. The molecular formula is C16H16BrN3O4. The Bertz CT molecular complexity index is 775. The van der Waals surface area contributed by atoms with E-state index in [-0.39, 0.29) is 24.8 Å². The van der Waals surface area contributed by atoms with Crippen molar-refractivity contribution in [2.45, 2.75) is 13.3 Å². The van der Waals surface area contributed by atoms with Crippen LogP contribution in [0.4, 0.5) is 11.4 Å². The first-order valence-corrected chi connectivity index (χ1v) is 8.27. The third kappa shape index (κ3) is 2.83. The fourth-order valence-corrected chi connectivity index (χ4v) is 3.48. The summed E-state index contributed by atoms with van der Waals surface area (Å²) in [6.45, 7) is 1.74. The van der Waals surface area contributed by atoms with Gasteiger partial charge in [0.15, 0.2) is 0 Å². The number of anilines is 2. The second-order valence-corrected chi connectivity index (χ2v) is 6.50. The molecule has 0 unspecified atom stereocenters. The van der Waals surface area contributed by atoms with E-state index in [0.717, 1.165) is 27.0 Å². The summed E-state index contributed by atoms with van der Waals surface area (Å²) in [6, 6.07) is 3.71. The zero-order valence-electron chi connectivity index (χ0n) is 13.0. The van der Waals surface area contributed by atoms with Crippen LogP contribution in [0.25, 0.3) is 0 Å². The standard InChI is InChI=1S/C16H16BrN3O4/c1-9(22)19-3-2-10-6-11(17)7-12(15(10)19)18-13-8-14(23)20(4-5-21)16(13)24/h6-8,18,21H,2-5H2,1H3. The topological polar surface area (TPSA) is 90.0 Å². The minimum absolute atomic E-state index is 0.0461. The van der Waals surface area contributed by atoms with Crippen molar-refractivity contribution in [3.05, 3.63) is 33.9 Å². The minimum Gasteiger partial charge on any atom is -0.395 e. The number of benzene rings is 1. The summed E-state index contributed by atoms with van der Waals surface area (Å²) in [5.41, 5.74) is 2.44. The van der Waals surface area contributed by atoms with Crippen LogP contribution < -0.4 is 10.2 Å². The molecule has 2 N–H and O–H groups in total. The maximum atomic E-state index is 12.3. The molecule has 0 saturated heterocycles. The molecule has 24 heavy (non-hydrogen) atoms. The van der Waals surface area contributed by atoms with E-state index in [1.807, 2.05) is 6.07 Å². The molecule has 0 atom stereocenters.